The minimum atomic E-state index is -0.263. The molecule has 1 aromatic heterocycles. The molecule has 1 N–H and O–H groups in total. The highest BCUT2D eigenvalue weighted by molar-refractivity contribution is 5.77. The lowest BCUT2D eigenvalue weighted by molar-refractivity contribution is -0.122. The Balaban J connectivity index is 1.41. The number of rotatable bonds is 8. The van der Waals surface area contributed by atoms with Crippen LogP contribution in [0.15, 0.2) is 67.0 Å². The first-order valence-electron chi connectivity index (χ1n) is 8.89. The van der Waals surface area contributed by atoms with Crippen LogP contribution in [0.2, 0.25) is 0 Å². The average molecular weight is 366 g/mol. The first kappa shape index (κ1) is 18.8. The van der Waals surface area contributed by atoms with Gasteiger partial charge in [-0.25, -0.2) is 9.07 Å². The number of carbonyl (C=O) groups excluding carboxylic acids is 1. The van der Waals surface area contributed by atoms with Gasteiger partial charge in [0.05, 0.1) is 18.4 Å². The maximum Gasteiger partial charge on any atom is 0.234 e. The lowest BCUT2D eigenvalue weighted by atomic mass is 10.2. The molecule has 0 atom stereocenters. The molecule has 0 fully saturated rings. The molecule has 1 heterocycles. The Labute approximate surface area is 158 Å². The van der Waals surface area contributed by atoms with Gasteiger partial charge >= 0.3 is 0 Å². The van der Waals surface area contributed by atoms with Crippen LogP contribution in [0.3, 0.4) is 0 Å². The zero-order valence-corrected chi connectivity index (χ0v) is 15.3. The van der Waals surface area contributed by atoms with Crippen molar-refractivity contribution < 1.29 is 9.18 Å². The molecule has 0 spiro atoms. The molecule has 5 nitrogen and oxygen atoms in total. The van der Waals surface area contributed by atoms with Crippen LogP contribution in [-0.4, -0.2) is 40.7 Å². The predicted molar refractivity (Wildman–Crippen MR) is 103 cm³/mol. The third kappa shape index (κ3) is 5.76. The quantitative estimate of drug-likeness (QED) is 0.667. The van der Waals surface area contributed by atoms with Crippen LogP contribution < -0.4 is 5.32 Å². The van der Waals surface area contributed by atoms with Gasteiger partial charge in [-0.2, -0.15) is 5.10 Å². The molecule has 0 aliphatic rings. The van der Waals surface area contributed by atoms with Crippen LogP contribution in [0, 0.1) is 5.82 Å². The van der Waals surface area contributed by atoms with Crippen molar-refractivity contribution >= 4 is 5.91 Å². The number of nitrogens with zero attached hydrogens (tertiary/aromatic N) is 3. The molecule has 0 aliphatic carbocycles. The van der Waals surface area contributed by atoms with Gasteiger partial charge in [0.15, 0.2) is 0 Å². The normalized spacial score (nSPS) is 10.9. The number of aromatic nitrogens is 2. The minimum Gasteiger partial charge on any atom is -0.355 e. The number of amides is 1. The van der Waals surface area contributed by atoms with Gasteiger partial charge in [-0.3, -0.25) is 9.69 Å². The van der Waals surface area contributed by atoms with Crippen molar-refractivity contribution in [2.75, 3.05) is 20.1 Å². The summed E-state index contributed by atoms with van der Waals surface area (Å²) in [5.74, 6) is -0.314. The highest BCUT2D eigenvalue weighted by atomic mass is 19.1. The molecular formula is C21H23FN4O. The first-order valence-corrected chi connectivity index (χ1v) is 8.89. The van der Waals surface area contributed by atoms with Crippen molar-refractivity contribution in [2.24, 2.45) is 0 Å². The van der Waals surface area contributed by atoms with Gasteiger partial charge in [0.25, 0.3) is 0 Å². The second-order valence-electron chi connectivity index (χ2n) is 6.53. The van der Waals surface area contributed by atoms with E-state index in [4.69, 9.17) is 0 Å². The Morgan fingerprint density at radius 1 is 1.15 bits per heavy atom. The smallest absolute Gasteiger partial charge is 0.234 e. The highest BCUT2D eigenvalue weighted by Gasteiger charge is 2.08. The number of nitrogens with one attached hydrogen (secondary N) is 1. The van der Waals surface area contributed by atoms with E-state index in [2.05, 4.69) is 10.4 Å². The molecule has 2 aromatic carbocycles. The Morgan fingerprint density at radius 2 is 1.96 bits per heavy atom. The third-order valence-electron chi connectivity index (χ3n) is 4.15. The maximum atomic E-state index is 13.2. The van der Waals surface area contributed by atoms with E-state index in [1.54, 1.807) is 6.07 Å². The zero-order chi connectivity index (χ0) is 19.1. The summed E-state index contributed by atoms with van der Waals surface area (Å²) in [6.07, 6.45) is 4.50. The monoisotopic (exact) mass is 366 g/mol. The fourth-order valence-electron chi connectivity index (χ4n) is 2.86. The van der Waals surface area contributed by atoms with Gasteiger partial charge in [-0.1, -0.05) is 30.3 Å². The van der Waals surface area contributed by atoms with E-state index >= 15 is 0 Å². The van der Waals surface area contributed by atoms with E-state index in [1.165, 1.54) is 12.1 Å². The van der Waals surface area contributed by atoms with Crippen molar-refractivity contribution in [1.29, 1.82) is 0 Å². The van der Waals surface area contributed by atoms with Crippen LogP contribution in [0.4, 0.5) is 4.39 Å². The van der Waals surface area contributed by atoms with Crippen molar-refractivity contribution in [1.82, 2.24) is 20.0 Å². The Hall–Kier alpha value is -2.99. The Morgan fingerprint density at radius 3 is 2.74 bits per heavy atom. The molecule has 0 radical (unpaired) electrons. The second kappa shape index (κ2) is 9.09. The average Bonchev–Trinajstić information content (AvgIpc) is 3.11. The van der Waals surface area contributed by atoms with Gasteiger partial charge < -0.3 is 5.32 Å². The SMILES string of the molecule is CN(CC(=O)NCCc1cnn(-c2ccccc2)c1)Cc1cccc(F)c1. The second-order valence-corrected chi connectivity index (χ2v) is 6.53. The van der Waals surface area contributed by atoms with Crippen molar-refractivity contribution in [3.63, 3.8) is 0 Å². The van der Waals surface area contributed by atoms with E-state index in [0.717, 1.165) is 16.8 Å². The van der Waals surface area contributed by atoms with Crippen molar-refractivity contribution in [3.8, 4) is 5.69 Å². The minimum absolute atomic E-state index is 0.0515. The topological polar surface area (TPSA) is 50.2 Å². The summed E-state index contributed by atoms with van der Waals surface area (Å²) in [6, 6.07) is 16.3. The first-order chi connectivity index (χ1) is 13.1. The molecule has 0 bridgehead atoms. The standard InChI is InChI=1S/C21H23FN4O/c1-25(14-17-6-5-7-19(22)12-17)16-21(27)23-11-10-18-13-24-26(15-18)20-8-3-2-4-9-20/h2-9,12-13,15H,10-11,14,16H2,1H3,(H,23,27). The molecule has 0 unspecified atom stereocenters. The van der Waals surface area contributed by atoms with Crippen molar-refractivity contribution in [3.05, 3.63) is 83.9 Å². The van der Waals surface area contributed by atoms with Gasteiger partial charge in [-0.15, -0.1) is 0 Å². The fourth-order valence-corrected chi connectivity index (χ4v) is 2.86. The number of carbonyl (C=O) groups is 1. The number of hydrogen-bond acceptors (Lipinski definition) is 3. The summed E-state index contributed by atoms with van der Waals surface area (Å²) in [5, 5.41) is 7.27. The zero-order valence-electron chi connectivity index (χ0n) is 15.3. The van der Waals surface area contributed by atoms with E-state index in [0.29, 0.717) is 19.5 Å². The largest absolute Gasteiger partial charge is 0.355 e. The Bertz CT molecular complexity index is 879. The number of para-hydroxylation sites is 1. The molecule has 3 aromatic rings. The van der Waals surface area contributed by atoms with E-state index in [-0.39, 0.29) is 18.3 Å². The lowest BCUT2D eigenvalue weighted by Gasteiger charge is -2.16. The number of hydrogen-bond donors (Lipinski definition) is 1. The molecule has 1 amide bonds. The predicted octanol–water partition coefficient (Wildman–Crippen LogP) is 2.80. The summed E-state index contributed by atoms with van der Waals surface area (Å²) in [4.78, 5) is 13.9. The molecule has 0 aliphatic heterocycles. The summed E-state index contributed by atoms with van der Waals surface area (Å²) < 4.78 is 15.0. The highest BCUT2D eigenvalue weighted by Crippen LogP contribution is 2.08. The van der Waals surface area contributed by atoms with Gasteiger partial charge in [0.2, 0.25) is 5.91 Å². The third-order valence-corrected chi connectivity index (χ3v) is 4.15. The maximum absolute atomic E-state index is 13.2. The number of likely N-dealkylation sites (N-methyl/N-ethyl adjacent to an activating group) is 1. The fraction of sp³-hybridized carbons (Fsp3) is 0.238. The van der Waals surface area contributed by atoms with Gasteiger partial charge in [-0.05, 0) is 48.9 Å². The molecule has 0 saturated heterocycles. The molecule has 0 saturated carbocycles. The Kier molecular flexibility index (Phi) is 6.33. The summed E-state index contributed by atoms with van der Waals surface area (Å²) in [7, 11) is 1.84. The summed E-state index contributed by atoms with van der Waals surface area (Å²) in [5.41, 5.74) is 2.91. The van der Waals surface area contributed by atoms with Crippen molar-refractivity contribution in [2.45, 2.75) is 13.0 Å². The van der Waals surface area contributed by atoms with Crippen LogP contribution in [0.5, 0.6) is 0 Å². The van der Waals surface area contributed by atoms with Gasteiger partial charge in [0, 0.05) is 19.3 Å². The molecule has 6 heteroatoms. The summed E-state index contributed by atoms with van der Waals surface area (Å²) >= 11 is 0. The van der Waals surface area contributed by atoms with Gasteiger partial charge in [0.1, 0.15) is 5.82 Å². The molecular weight excluding hydrogens is 343 g/mol. The van der Waals surface area contributed by atoms with Crippen LogP contribution >= 0.6 is 0 Å². The van der Waals surface area contributed by atoms with E-state index in [9.17, 15) is 9.18 Å². The molecule has 140 valence electrons. The number of halogens is 1. The molecule has 3 rings (SSSR count). The number of benzene rings is 2. The summed E-state index contributed by atoms with van der Waals surface area (Å²) in [6.45, 7) is 1.34. The van der Waals surface area contributed by atoms with Crippen LogP contribution in [0.25, 0.3) is 5.69 Å². The van der Waals surface area contributed by atoms with E-state index in [1.807, 2.05) is 65.4 Å². The molecule has 27 heavy (non-hydrogen) atoms. The van der Waals surface area contributed by atoms with Crippen LogP contribution in [-0.2, 0) is 17.8 Å². The van der Waals surface area contributed by atoms with E-state index < -0.39 is 0 Å². The lowest BCUT2D eigenvalue weighted by Crippen LogP contribution is -2.35. The van der Waals surface area contributed by atoms with Crippen LogP contribution in [0.1, 0.15) is 11.1 Å².